The molecule has 2 aromatic heterocycles. The molecule has 300 valence electrons. The van der Waals surface area contributed by atoms with Gasteiger partial charge in [-0.05, 0) is 44.5 Å². The molecule has 0 fully saturated rings. The first-order valence-corrected chi connectivity index (χ1v) is 23.4. The van der Waals surface area contributed by atoms with Crippen LogP contribution in [-0.4, -0.2) is 27.6 Å². The Bertz CT molecular complexity index is 3340. The van der Waals surface area contributed by atoms with E-state index >= 15 is 0 Å². The van der Waals surface area contributed by atoms with E-state index in [0.29, 0.717) is 23.2 Å². The summed E-state index contributed by atoms with van der Waals surface area (Å²) in [6.07, 6.45) is 0. The summed E-state index contributed by atoms with van der Waals surface area (Å²) in [5.74, 6) is 1.77. The Kier molecular flexibility index (Phi) is 9.85. The topological polar surface area (TPSA) is 48.0 Å². The Morgan fingerprint density at radius 1 is 0.359 bits per heavy atom. The normalized spacial score (nSPS) is 11.4. The first-order chi connectivity index (χ1) is 31.7. The number of benzene rings is 9. The molecule has 64 heavy (non-hydrogen) atoms. The average Bonchev–Trinajstić information content (AvgIpc) is 3.71. The van der Waals surface area contributed by atoms with Crippen LogP contribution in [0.15, 0.2) is 237 Å². The molecule has 0 atom stereocenters. The van der Waals surface area contributed by atoms with Crippen molar-refractivity contribution in [3.63, 3.8) is 0 Å². The minimum atomic E-state index is -2.86. The van der Waals surface area contributed by atoms with Gasteiger partial charge in [0, 0.05) is 38.5 Å². The van der Waals surface area contributed by atoms with E-state index in [0.717, 1.165) is 55.3 Å². The number of nitrogens with zero attached hydrogens (tertiary/aromatic N) is 5. The third-order valence-electron chi connectivity index (χ3n) is 12.2. The maximum absolute atomic E-state index is 8.03. The molecule has 0 aliphatic rings. The molecule has 11 aromatic rings. The number of aromatic nitrogens is 4. The van der Waals surface area contributed by atoms with Crippen molar-refractivity contribution in [2.24, 2.45) is 0 Å². The quantitative estimate of drug-likeness (QED) is 0.0827. The van der Waals surface area contributed by atoms with Gasteiger partial charge in [0.15, 0.2) is 31.2 Å². The van der Waals surface area contributed by atoms with E-state index in [9.17, 15) is 0 Å². The predicted octanol–water partition coefficient (Wildman–Crippen LogP) is 11.6. The molecule has 0 bridgehead atoms. The molecule has 0 saturated heterocycles. The molecule has 11 rings (SSSR count). The zero-order valence-electron chi connectivity index (χ0n) is 34.8. The van der Waals surface area contributed by atoms with Gasteiger partial charge in [0.1, 0.15) is 0 Å². The second kappa shape index (κ2) is 16.4. The Morgan fingerprint density at radius 2 is 0.828 bits per heavy atom. The van der Waals surface area contributed by atoms with Crippen molar-refractivity contribution in [2.45, 2.75) is 0 Å². The van der Waals surface area contributed by atoms with E-state index in [-0.39, 0.29) is 0 Å². The summed E-state index contributed by atoms with van der Waals surface area (Å²) in [6, 6.07) is 83.5. The van der Waals surface area contributed by atoms with Gasteiger partial charge in [0.05, 0.1) is 17.8 Å². The fraction of sp³-hybridized carbons (Fsp3) is 0. The lowest BCUT2D eigenvalue weighted by molar-refractivity contribution is 1.07. The van der Waals surface area contributed by atoms with Crippen molar-refractivity contribution in [1.29, 1.82) is 0 Å². The lowest BCUT2D eigenvalue weighted by atomic mass is 10.0. The summed E-state index contributed by atoms with van der Waals surface area (Å²) in [5, 5.41) is 7.40. The van der Waals surface area contributed by atoms with Crippen molar-refractivity contribution < 1.29 is 0 Å². The largest absolute Gasteiger partial charge is 0.310 e. The van der Waals surface area contributed by atoms with Gasteiger partial charge >= 0.3 is 0 Å². The first kappa shape index (κ1) is 38.4. The van der Waals surface area contributed by atoms with Crippen molar-refractivity contribution in [1.82, 2.24) is 19.5 Å². The number of hydrogen-bond donors (Lipinski definition) is 0. The summed E-state index contributed by atoms with van der Waals surface area (Å²) in [4.78, 5) is 19.2. The van der Waals surface area contributed by atoms with Crippen LogP contribution in [0.5, 0.6) is 0 Å². The molecule has 0 unspecified atom stereocenters. The van der Waals surface area contributed by atoms with Gasteiger partial charge in [-0.1, -0.05) is 218 Å². The van der Waals surface area contributed by atoms with Gasteiger partial charge in [-0.25, -0.2) is 19.8 Å². The second-order valence-electron chi connectivity index (χ2n) is 15.9. The summed E-state index contributed by atoms with van der Waals surface area (Å²) in [6.45, 7) is 8.03. The SMILES string of the molecule is [C-]#[N+]c1ccc2c3ccccc3n(-c3cc(-c4nc(-c5ccccc5)nc(-c5ccccc5)n4)ccc3-c3cccc([Si](c4ccccc4)(c4ccccc4)c4ccccc4)c3)c2c1. The zero-order valence-corrected chi connectivity index (χ0v) is 35.8. The molecular formula is C58H39N5Si. The maximum Gasteiger partial charge on any atom is 0.189 e. The van der Waals surface area contributed by atoms with Crippen molar-refractivity contribution >= 4 is 56.3 Å². The number of fused-ring (bicyclic) bond motifs is 3. The summed E-state index contributed by atoms with van der Waals surface area (Å²) >= 11 is 0. The van der Waals surface area contributed by atoms with Crippen LogP contribution >= 0.6 is 0 Å². The molecule has 0 N–H and O–H groups in total. The Labute approximate surface area is 373 Å². The Morgan fingerprint density at radius 3 is 1.39 bits per heavy atom. The van der Waals surface area contributed by atoms with E-state index in [1.807, 2.05) is 72.8 Å². The number of para-hydroxylation sites is 1. The molecule has 9 aromatic carbocycles. The lowest BCUT2D eigenvalue weighted by Crippen LogP contribution is -2.74. The number of hydrogen-bond acceptors (Lipinski definition) is 3. The highest BCUT2D eigenvalue weighted by molar-refractivity contribution is 7.19. The van der Waals surface area contributed by atoms with Crippen LogP contribution in [-0.2, 0) is 0 Å². The maximum atomic E-state index is 8.03. The fourth-order valence-electron chi connectivity index (χ4n) is 9.31. The van der Waals surface area contributed by atoms with E-state index in [2.05, 4.69) is 173 Å². The van der Waals surface area contributed by atoms with Crippen LogP contribution in [0.4, 0.5) is 5.69 Å². The number of rotatable bonds is 9. The van der Waals surface area contributed by atoms with Crippen LogP contribution < -0.4 is 20.7 Å². The van der Waals surface area contributed by atoms with Gasteiger partial charge in [0.25, 0.3) is 0 Å². The van der Waals surface area contributed by atoms with Crippen molar-refractivity contribution in [3.8, 4) is 51.0 Å². The molecule has 2 heterocycles. The summed E-state index contributed by atoms with van der Waals surface area (Å²) in [7, 11) is -2.86. The molecule has 0 spiro atoms. The van der Waals surface area contributed by atoms with Crippen LogP contribution in [0, 0.1) is 6.57 Å². The molecule has 0 radical (unpaired) electrons. The predicted molar refractivity (Wildman–Crippen MR) is 266 cm³/mol. The van der Waals surface area contributed by atoms with Gasteiger partial charge in [-0.15, -0.1) is 0 Å². The smallest absolute Gasteiger partial charge is 0.189 e. The van der Waals surface area contributed by atoms with Gasteiger partial charge < -0.3 is 4.57 Å². The molecule has 6 heteroatoms. The Balaban J connectivity index is 1.20. The monoisotopic (exact) mass is 833 g/mol. The van der Waals surface area contributed by atoms with E-state index in [4.69, 9.17) is 21.5 Å². The van der Waals surface area contributed by atoms with Gasteiger partial charge in [0.2, 0.25) is 0 Å². The van der Waals surface area contributed by atoms with E-state index < -0.39 is 8.07 Å². The minimum Gasteiger partial charge on any atom is -0.310 e. The van der Waals surface area contributed by atoms with E-state index in [1.165, 1.54) is 20.7 Å². The van der Waals surface area contributed by atoms with Crippen molar-refractivity contribution in [3.05, 3.63) is 248 Å². The Hall–Kier alpha value is -8.50. The molecule has 0 amide bonds. The zero-order chi connectivity index (χ0) is 42.9. The fourth-order valence-corrected chi connectivity index (χ4v) is 14.1. The van der Waals surface area contributed by atoms with E-state index in [1.54, 1.807) is 0 Å². The molecular weight excluding hydrogens is 795 g/mol. The van der Waals surface area contributed by atoms with Crippen LogP contribution in [0.3, 0.4) is 0 Å². The molecule has 0 aliphatic heterocycles. The summed E-state index contributed by atoms with van der Waals surface area (Å²) in [5.41, 5.74) is 8.33. The molecule has 0 saturated carbocycles. The average molecular weight is 834 g/mol. The first-order valence-electron chi connectivity index (χ1n) is 21.4. The van der Waals surface area contributed by atoms with Crippen LogP contribution in [0.2, 0.25) is 0 Å². The summed E-state index contributed by atoms with van der Waals surface area (Å²) < 4.78 is 2.32. The molecule has 0 aliphatic carbocycles. The third-order valence-corrected chi connectivity index (χ3v) is 17.0. The standard InChI is InChI=1S/C58H39N5Si/c1-59-45-35-37-52-51-32-17-18-33-53(51)63(55(52)40-45)54-39-44(58-61-56(41-20-7-2-8-21-41)60-57(62-58)42-22-9-3-10-23-42)34-36-50(54)43-24-19-31-49(38-43)64(46-25-11-4-12-26-46,47-27-13-5-14-28-47)48-29-15-6-16-30-48/h2-40H. The highest BCUT2D eigenvalue weighted by atomic mass is 28.3. The van der Waals surface area contributed by atoms with Crippen molar-refractivity contribution in [2.75, 3.05) is 0 Å². The highest BCUT2D eigenvalue weighted by Crippen LogP contribution is 2.39. The van der Waals surface area contributed by atoms with Gasteiger partial charge in [-0.3, -0.25) is 0 Å². The van der Waals surface area contributed by atoms with Crippen LogP contribution in [0.25, 0.3) is 77.6 Å². The van der Waals surface area contributed by atoms with Crippen LogP contribution in [0.1, 0.15) is 0 Å². The lowest BCUT2D eigenvalue weighted by Gasteiger charge is -2.34. The molecule has 5 nitrogen and oxygen atoms in total. The second-order valence-corrected chi connectivity index (χ2v) is 19.7. The van der Waals surface area contributed by atoms with Gasteiger partial charge in [-0.2, -0.15) is 0 Å². The third kappa shape index (κ3) is 6.69. The highest BCUT2D eigenvalue weighted by Gasteiger charge is 2.41. The minimum absolute atomic E-state index is 0.570.